The van der Waals surface area contributed by atoms with Crippen LogP contribution in [0.1, 0.15) is 84.3 Å². The molecule has 2 heterocycles. The standard InChI is InChI=1S/C43H56FN4O7P/c1-3-4-5-6-7-8-9-10-11-12-13-14-15-16-17-18-19-26-35(49)27-23-31-46-56(52,55-37-29-22-25-34-24-20-21-28-36(34)37)53-33-38-40(50)43(2,44)41(54-38)48-32-30-39(45)47-42(48)51/h4-5,7-8,10-11,13-14,16-17,20-22,24-25,28-30,32,38,40-41,50H,3,6,9,12,15,18-19,23,26-27,31,33H2,1-2H3,(H,46,52)(H2,45,47,51)/b5-4-,8-7-,11-10-,14-13-,17-16-/t38-,40-,41-,43-,56?/m1/s1. The number of nitrogens with one attached hydrogen (secondary N) is 1. The number of unbranched alkanes of at least 4 members (excludes halogenated alkanes) is 1. The van der Waals surface area contributed by atoms with Gasteiger partial charge in [-0.05, 0) is 75.8 Å². The van der Waals surface area contributed by atoms with Gasteiger partial charge in [-0.3, -0.25) is 13.9 Å². The van der Waals surface area contributed by atoms with Crippen LogP contribution in [-0.2, 0) is 18.6 Å². The number of carbonyl (C=O) groups is 1. The van der Waals surface area contributed by atoms with Gasteiger partial charge in [-0.15, -0.1) is 0 Å². The van der Waals surface area contributed by atoms with Gasteiger partial charge in [-0.25, -0.2) is 18.8 Å². The molecule has 0 aliphatic carbocycles. The van der Waals surface area contributed by atoms with E-state index in [2.05, 4.69) is 77.8 Å². The summed E-state index contributed by atoms with van der Waals surface area (Å²) in [5, 5.41) is 15.2. The molecule has 4 N–H and O–H groups in total. The predicted molar refractivity (Wildman–Crippen MR) is 221 cm³/mol. The molecule has 1 fully saturated rings. The maximum Gasteiger partial charge on any atom is 0.458 e. The number of hydrogen-bond acceptors (Lipinski definition) is 9. The molecule has 0 spiro atoms. The van der Waals surface area contributed by atoms with Crippen LogP contribution < -0.4 is 21.0 Å². The van der Waals surface area contributed by atoms with Crippen molar-refractivity contribution in [2.75, 3.05) is 18.9 Å². The van der Waals surface area contributed by atoms with Crippen LogP contribution in [-0.4, -0.2) is 51.5 Å². The number of anilines is 1. The second-order valence-corrected chi connectivity index (χ2v) is 15.4. The van der Waals surface area contributed by atoms with Crippen molar-refractivity contribution in [1.82, 2.24) is 14.6 Å². The molecule has 1 aromatic heterocycles. The van der Waals surface area contributed by atoms with Crippen LogP contribution in [0.25, 0.3) is 10.8 Å². The zero-order valence-corrected chi connectivity index (χ0v) is 33.3. The normalized spacial score (nSPS) is 21.4. The molecule has 4 rings (SSSR count). The summed E-state index contributed by atoms with van der Waals surface area (Å²) in [5.41, 5.74) is 2.28. The number of aliphatic hydroxyl groups is 1. The molecule has 1 aliphatic heterocycles. The summed E-state index contributed by atoms with van der Waals surface area (Å²) < 4.78 is 48.4. The first-order valence-corrected chi connectivity index (χ1v) is 20.9. The van der Waals surface area contributed by atoms with E-state index in [-0.39, 0.29) is 30.3 Å². The Bertz CT molecular complexity index is 1950. The number of ketones is 1. The molecular weight excluding hydrogens is 734 g/mol. The molecule has 0 bridgehead atoms. The first kappa shape index (κ1) is 44.3. The van der Waals surface area contributed by atoms with E-state index in [0.717, 1.165) is 61.8 Å². The van der Waals surface area contributed by atoms with Crippen molar-refractivity contribution in [2.24, 2.45) is 0 Å². The molecule has 0 radical (unpaired) electrons. The van der Waals surface area contributed by atoms with E-state index in [1.54, 1.807) is 12.1 Å². The van der Waals surface area contributed by atoms with Crippen LogP contribution in [0.3, 0.4) is 0 Å². The van der Waals surface area contributed by atoms with Gasteiger partial charge in [0.2, 0.25) is 0 Å². The van der Waals surface area contributed by atoms with Gasteiger partial charge < -0.3 is 20.1 Å². The Labute approximate surface area is 329 Å². The van der Waals surface area contributed by atoms with Gasteiger partial charge in [-0.2, -0.15) is 4.98 Å². The summed E-state index contributed by atoms with van der Waals surface area (Å²) in [6.45, 7) is 2.80. The van der Waals surface area contributed by atoms with Gasteiger partial charge in [0, 0.05) is 31.0 Å². The van der Waals surface area contributed by atoms with Crippen molar-refractivity contribution >= 4 is 30.1 Å². The Morgan fingerprint density at radius 1 is 0.964 bits per heavy atom. The lowest BCUT2D eigenvalue weighted by molar-refractivity contribution is -0.119. The maximum atomic E-state index is 15.8. The fourth-order valence-corrected chi connectivity index (χ4v) is 7.45. The van der Waals surface area contributed by atoms with Crippen LogP contribution >= 0.6 is 7.75 Å². The Balaban J connectivity index is 1.23. The molecule has 11 nitrogen and oxygen atoms in total. The summed E-state index contributed by atoms with van der Waals surface area (Å²) in [6.07, 6.45) is 25.5. The van der Waals surface area contributed by atoms with E-state index in [9.17, 15) is 19.3 Å². The first-order valence-electron chi connectivity index (χ1n) is 19.3. The number of fused-ring (bicyclic) bond motifs is 1. The highest BCUT2D eigenvalue weighted by Gasteiger charge is 2.55. The minimum absolute atomic E-state index is 0.0501. The summed E-state index contributed by atoms with van der Waals surface area (Å²) in [5.74, 6) is 0.324. The topological polar surface area (TPSA) is 155 Å². The molecule has 302 valence electrons. The van der Waals surface area contributed by atoms with E-state index in [1.807, 2.05) is 30.3 Å². The van der Waals surface area contributed by atoms with Gasteiger partial charge in [0.15, 0.2) is 11.9 Å². The van der Waals surface area contributed by atoms with Crippen molar-refractivity contribution < 1.29 is 32.6 Å². The number of aromatic nitrogens is 2. The lowest BCUT2D eigenvalue weighted by atomic mass is 9.98. The van der Waals surface area contributed by atoms with Gasteiger partial charge in [0.05, 0.1) is 6.61 Å². The second kappa shape index (κ2) is 22.9. The molecule has 13 heteroatoms. The highest BCUT2D eigenvalue weighted by molar-refractivity contribution is 7.52. The van der Waals surface area contributed by atoms with Crippen molar-refractivity contribution in [3.63, 3.8) is 0 Å². The molecule has 2 aromatic carbocycles. The number of halogens is 1. The number of allylic oxidation sites excluding steroid dienone is 10. The third-order valence-electron chi connectivity index (χ3n) is 9.12. The smallest absolute Gasteiger partial charge is 0.413 e. The largest absolute Gasteiger partial charge is 0.458 e. The zero-order chi connectivity index (χ0) is 40.2. The predicted octanol–water partition coefficient (Wildman–Crippen LogP) is 9.03. The van der Waals surface area contributed by atoms with Crippen LogP contribution in [0, 0.1) is 0 Å². The van der Waals surface area contributed by atoms with Crippen molar-refractivity contribution in [3.8, 4) is 5.75 Å². The summed E-state index contributed by atoms with van der Waals surface area (Å²) >= 11 is 0. The molecule has 1 unspecified atom stereocenters. The third-order valence-corrected chi connectivity index (χ3v) is 10.7. The van der Waals surface area contributed by atoms with E-state index >= 15 is 4.39 Å². The minimum Gasteiger partial charge on any atom is -0.413 e. The van der Waals surface area contributed by atoms with Gasteiger partial charge in [0.1, 0.15) is 29.6 Å². The van der Waals surface area contributed by atoms with Crippen LogP contribution in [0.2, 0.25) is 0 Å². The number of rotatable bonds is 24. The summed E-state index contributed by atoms with van der Waals surface area (Å²) in [4.78, 5) is 28.7. The molecule has 0 saturated carbocycles. The molecule has 56 heavy (non-hydrogen) atoms. The van der Waals surface area contributed by atoms with Crippen LogP contribution in [0.4, 0.5) is 10.2 Å². The van der Waals surface area contributed by atoms with Crippen molar-refractivity contribution in [1.29, 1.82) is 0 Å². The average molecular weight is 791 g/mol. The zero-order valence-electron chi connectivity index (χ0n) is 32.4. The number of nitrogens with two attached hydrogens (primary N) is 1. The fraction of sp³-hybridized carbons (Fsp3) is 0.419. The number of nitrogens with zero attached hydrogens (tertiary/aromatic N) is 2. The second-order valence-electron chi connectivity index (χ2n) is 13.7. The van der Waals surface area contributed by atoms with Crippen molar-refractivity contribution in [3.05, 3.63) is 126 Å². The molecule has 1 aliphatic rings. The number of benzene rings is 2. The van der Waals surface area contributed by atoms with E-state index in [1.165, 1.54) is 12.3 Å². The number of Topliss-reactive ketones (excluding diaryl/α,β-unsaturated/α-hetero) is 1. The van der Waals surface area contributed by atoms with Crippen LogP contribution in [0.5, 0.6) is 5.75 Å². The molecule has 3 aromatic rings. The van der Waals surface area contributed by atoms with E-state index < -0.39 is 44.1 Å². The number of alkyl halides is 1. The molecule has 0 amide bonds. The number of carbonyl (C=O) groups excluding carboxylic acids is 1. The van der Waals surface area contributed by atoms with Gasteiger partial charge in [0.25, 0.3) is 0 Å². The first-order chi connectivity index (χ1) is 27.0. The lowest BCUT2D eigenvalue weighted by Gasteiger charge is -2.25. The quantitative estimate of drug-likeness (QED) is 0.0455. The fourth-order valence-electron chi connectivity index (χ4n) is 6.05. The van der Waals surface area contributed by atoms with Crippen LogP contribution in [0.15, 0.2) is 120 Å². The number of ether oxygens (including phenoxy) is 1. The minimum atomic E-state index is -4.19. The number of aliphatic hydroxyl groups excluding tert-OH is 1. The Kier molecular flexibility index (Phi) is 18.1. The number of nitrogen functional groups attached to an aromatic ring is 1. The van der Waals surface area contributed by atoms with E-state index in [4.69, 9.17) is 19.5 Å². The SMILES string of the molecule is CC/C=C\C/C=C\C/C=C\C/C=C\C/C=C\CCCC(=O)CCCNP(=O)(OC[C@H]1O[C@@H](n2ccc(N)nc2=O)[C@](C)(F)[C@@H]1O)Oc1cccc2ccccc12. The average Bonchev–Trinajstić information content (AvgIpc) is 3.40. The molecular formula is C43H56FN4O7P. The third kappa shape index (κ3) is 13.9. The van der Waals surface area contributed by atoms with E-state index in [0.29, 0.717) is 18.2 Å². The monoisotopic (exact) mass is 790 g/mol. The highest BCUT2D eigenvalue weighted by atomic mass is 31.2. The molecule has 5 atom stereocenters. The summed E-state index contributed by atoms with van der Waals surface area (Å²) in [7, 11) is -4.19. The molecule has 1 saturated heterocycles. The van der Waals surface area contributed by atoms with Gasteiger partial charge in [-0.1, -0.05) is 104 Å². The number of hydrogen-bond donors (Lipinski definition) is 3. The Morgan fingerprint density at radius 2 is 1.59 bits per heavy atom. The summed E-state index contributed by atoms with van der Waals surface area (Å²) in [6, 6.07) is 14.0. The maximum absolute atomic E-state index is 15.8. The van der Waals surface area contributed by atoms with Gasteiger partial charge >= 0.3 is 13.4 Å². The Morgan fingerprint density at radius 3 is 2.27 bits per heavy atom. The Hall–Kier alpha value is -4.45. The van der Waals surface area contributed by atoms with Crippen molar-refractivity contribution in [2.45, 2.75) is 102 Å². The highest BCUT2D eigenvalue weighted by Crippen LogP contribution is 2.48. The lowest BCUT2D eigenvalue weighted by Crippen LogP contribution is -2.43.